The summed E-state index contributed by atoms with van der Waals surface area (Å²) in [5.41, 5.74) is 4.35. The fourth-order valence-corrected chi connectivity index (χ4v) is 2.55. The summed E-state index contributed by atoms with van der Waals surface area (Å²) >= 11 is 0. The molecule has 0 aliphatic heterocycles. The van der Waals surface area contributed by atoms with Crippen LogP contribution < -0.4 is 5.32 Å². The van der Waals surface area contributed by atoms with E-state index in [2.05, 4.69) is 16.4 Å². The Morgan fingerprint density at radius 1 is 0.960 bits per heavy atom. The highest BCUT2D eigenvalue weighted by Gasteiger charge is 2.05. The Balaban J connectivity index is 1.61. The second kappa shape index (κ2) is 8.02. The second-order valence-electron chi connectivity index (χ2n) is 5.69. The van der Waals surface area contributed by atoms with Crippen molar-refractivity contribution in [3.63, 3.8) is 0 Å². The van der Waals surface area contributed by atoms with E-state index in [9.17, 15) is 9.59 Å². The van der Waals surface area contributed by atoms with Gasteiger partial charge >= 0.3 is 0 Å². The number of hydrogen-bond donors (Lipinski definition) is 1. The number of benzene rings is 2. The number of carbonyl (C=O) groups is 2. The minimum Gasteiger partial charge on any atom is -0.352 e. The third-order valence-corrected chi connectivity index (χ3v) is 3.91. The first-order valence-electron chi connectivity index (χ1n) is 8.09. The summed E-state index contributed by atoms with van der Waals surface area (Å²) < 4.78 is 0. The Hall–Kier alpha value is -3.27. The van der Waals surface area contributed by atoms with Gasteiger partial charge in [0.05, 0.1) is 0 Å². The molecule has 0 spiro atoms. The molecule has 25 heavy (non-hydrogen) atoms. The first-order chi connectivity index (χ1) is 12.3. The zero-order chi connectivity index (χ0) is 17.5. The number of aldehydes is 1. The highest BCUT2D eigenvalue weighted by atomic mass is 16.1. The third kappa shape index (κ3) is 4.38. The van der Waals surface area contributed by atoms with Gasteiger partial charge in [0, 0.05) is 35.6 Å². The van der Waals surface area contributed by atoms with Crippen LogP contribution in [0.4, 0.5) is 0 Å². The topological polar surface area (TPSA) is 59.1 Å². The van der Waals surface area contributed by atoms with Gasteiger partial charge in [-0.25, -0.2) is 0 Å². The standard InChI is InChI=1S/C21H18N2O2/c24-15-16-6-8-18(9-7-16)20-12-17(13-22-14-20)10-11-23-21(25)19-4-2-1-3-5-19/h1-9,12-15H,10-11H2,(H,23,25). The summed E-state index contributed by atoms with van der Waals surface area (Å²) in [6.07, 6.45) is 5.12. The lowest BCUT2D eigenvalue weighted by Gasteiger charge is -2.07. The number of pyridine rings is 1. The molecule has 124 valence electrons. The van der Waals surface area contributed by atoms with Crippen molar-refractivity contribution in [1.82, 2.24) is 10.3 Å². The van der Waals surface area contributed by atoms with E-state index in [1.54, 1.807) is 36.7 Å². The molecule has 1 heterocycles. The SMILES string of the molecule is O=Cc1ccc(-c2cncc(CCNC(=O)c3ccccc3)c2)cc1. The molecular formula is C21H18N2O2. The molecule has 0 saturated heterocycles. The van der Waals surface area contributed by atoms with Crippen molar-refractivity contribution < 1.29 is 9.59 Å². The largest absolute Gasteiger partial charge is 0.352 e. The van der Waals surface area contributed by atoms with Gasteiger partial charge < -0.3 is 5.32 Å². The number of nitrogens with zero attached hydrogens (tertiary/aromatic N) is 1. The van der Waals surface area contributed by atoms with E-state index in [0.29, 0.717) is 24.1 Å². The van der Waals surface area contributed by atoms with Crippen LogP contribution in [0, 0.1) is 0 Å². The number of hydrogen-bond acceptors (Lipinski definition) is 3. The van der Waals surface area contributed by atoms with E-state index in [-0.39, 0.29) is 5.91 Å². The molecule has 1 aromatic heterocycles. The van der Waals surface area contributed by atoms with Crippen LogP contribution >= 0.6 is 0 Å². The maximum Gasteiger partial charge on any atom is 0.251 e. The molecule has 0 bridgehead atoms. The summed E-state index contributed by atoms with van der Waals surface area (Å²) in [6, 6.07) is 18.6. The lowest BCUT2D eigenvalue weighted by Crippen LogP contribution is -2.25. The zero-order valence-electron chi connectivity index (χ0n) is 13.7. The molecule has 4 nitrogen and oxygen atoms in total. The molecule has 0 saturated carbocycles. The van der Waals surface area contributed by atoms with Gasteiger partial charge in [0.2, 0.25) is 0 Å². The van der Waals surface area contributed by atoms with Crippen molar-refractivity contribution in [2.75, 3.05) is 6.54 Å². The average molecular weight is 330 g/mol. The third-order valence-electron chi connectivity index (χ3n) is 3.91. The summed E-state index contributed by atoms with van der Waals surface area (Å²) in [6.45, 7) is 0.545. The number of aromatic nitrogens is 1. The molecule has 0 radical (unpaired) electrons. The molecule has 0 atom stereocenters. The second-order valence-corrected chi connectivity index (χ2v) is 5.69. The van der Waals surface area contributed by atoms with E-state index in [0.717, 1.165) is 23.0 Å². The number of amides is 1. The van der Waals surface area contributed by atoms with Crippen molar-refractivity contribution in [3.05, 3.63) is 89.7 Å². The van der Waals surface area contributed by atoms with Crippen molar-refractivity contribution in [3.8, 4) is 11.1 Å². The molecule has 2 aromatic carbocycles. The Labute approximate surface area is 146 Å². The van der Waals surface area contributed by atoms with Gasteiger partial charge in [-0.2, -0.15) is 0 Å². The minimum absolute atomic E-state index is 0.0748. The highest BCUT2D eigenvalue weighted by Crippen LogP contribution is 2.19. The number of nitrogens with one attached hydrogen (secondary N) is 1. The Morgan fingerprint density at radius 3 is 2.44 bits per heavy atom. The summed E-state index contributed by atoms with van der Waals surface area (Å²) in [7, 11) is 0. The lowest BCUT2D eigenvalue weighted by molar-refractivity contribution is 0.0954. The number of rotatable bonds is 6. The number of carbonyl (C=O) groups excluding carboxylic acids is 2. The van der Waals surface area contributed by atoms with Crippen molar-refractivity contribution >= 4 is 12.2 Å². The van der Waals surface area contributed by atoms with Crippen LogP contribution in [0.2, 0.25) is 0 Å². The molecular weight excluding hydrogens is 312 g/mol. The predicted molar refractivity (Wildman–Crippen MR) is 97.5 cm³/mol. The Morgan fingerprint density at radius 2 is 1.72 bits per heavy atom. The van der Waals surface area contributed by atoms with Crippen molar-refractivity contribution in [1.29, 1.82) is 0 Å². The Bertz CT molecular complexity index is 859. The van der Waals surface area contributed by atoms with Gasteiger partial charge in [-0.05, 0) is 35.7 Å². The van der Waals surface area contributed by atoms with Crippen LogP contribution in [0.15, 0.2) is 73.1 Å². The summed E-state index contributed by atoms with van der Waals surface area (Å²) in [5, 5.41) is 2.92. The quantitative estimate of drug-likeness (QED) is 0.703. The molecule has 0 aliphatic carbocycles. The fraction of sp³-hybridized carbons (Fsp3) is 0.0952. The van der Waals surface area contributed by atoms with Crippen molar-refractivity contribution in [2.24, 2.45) is 0 Å². The molecule has 3 rings (SSSR count). The van der Waals surface area contributed by atoms with E-state index >= 15 is 0 Å². The fourth-order valence-electron chi connectivity index (χ4n) is 2.55. The molecule has 0 fully saturated rings. The van der Waals surface area contributed by atoms with E-state index < -0.39 is 0 Å². The molecule has 0 unspecified atom stereocenters. The first kappa shape index (κ1) is 16.6. The van der Waals surface area contributed by atoms with Gasteiger partial charge in [-0.1, -0.05) is 42.5 Å². The molecule has 4 heteroatoms. The van der Waals surface area contributed by atoms with Gasteiger partial charge in [0.25, 0.3) is 5.91 Å². The highest BCUT2D eigenvalue weighted by molar-refractivity contribution is 5.94. The van der Waals surface area contributed by atoms with Crippen molar-refractivity contribution in [2.45, 2.75) is 6.42 Å². The average Bonchev–Trinajstić information content (AvgIpc) is 2.69. The van der Waals surface area contributed by atoms with Gasteiger partial charge in [-0.15, -0.1) is 0 Å². The maximum absolute atomic E-state index is 12.0. The first-order valence-corrected chi connectivity index (χ1v) is 8.09. The Kier molecular flexibility index (Phi) is 5.32. The molecule has 3 aromatic rings. The van der Waals surface area contributed by atoms with Crippen LogP contribution in [-0.4, -0.2) is 23.7 Å². The molecule has 1 N–H and O–H groups in total. The van der Waals surface area contributed by atoms with Crippen LogP contribution in [0.1, 0.15) is 26.3 Å². The monoisotopic (exact) mass is 330 g/mol. The summed E-state index contributed by atoms with van der Waals surface area (Å²) in [5.74, 6) is -0.0748. The predicted octanol–water partition coefficient (Wildman–Crippen LogP) is 3.53. The van der Waals surface area contributed by atoms with Crippen LogP contribution in [0.3, 0.4) is 0 Å². The van der Waals surface area contributed by atoms with Crippen LogP contribution in [0.25, 0.3) is 11.1 Å². The lowest BCUT2D eigenvalue weighted by atomic mass is 10.0. The molecule has 1 amide bonds. The van der Waals surface area contributed by atoms with Crippen LogP contribution in [0.5, 0.6) is 0 Å². The zero-order valence-corrected chi connectivity index (χ0v) is 13.7. The minimum atomic E-state index is -0.0748. The molecule has 0 aliphatic rings. The smallest absolute Gasteiger partial charge is 0.251 e. The van der Waals surface area contributed by atoms with E-state index in [1.165, 1.54) is 0 Å². The summed E-state index contributed by atoms with van der Waals surface area (Å²) in [4.78, 5) is 27.0. The van der Waals surface area contributed by atoms with E-state index in [4.69, 9.17) is 0 Å². The van der Waals surface area contributed by atoms with Gasteiger partial charge in [0.15, 0.2) is 0 Å². The van der Waals surface area contributed by atoms with Gasteiger partial charge in [0.1, 0.15) is 6.29 Å². The maximum atomic E-state index is 12.0. The normalized spacial score (nSPS) is 10.2. The van der Waals surface area contributed by atoms with E-state index in [1.807, 2.05) is 30.3 Å². The van der Waals surface area contributed by atoms with Gasteiger partial charge in [-0.3, -0.25) is 14.6 Å². The van der Waals surface area contributed by atoms with Crippen LogP contribution in [-0.2, 0) is 6.42 Å².